The Hall–Kier alpha value is -1.66. The highest BCUT2D eigenvalue weighted by Gasteiger charge is 2.12. The molecule has 0 aliphatic carbocycles. The third kappa shape index (κ3) is 3.26. The fraction of sp³-hybridized carbons (Fsp3) is 0.286. The molecule has 0 aliphatic heterocycles. The van der Waals surface area contributed by atoms with Gasteiger partial charge in [0.15, 0.2) is 0 Å². The molecule has 0 aliphatic rings. The summed E-state index contributed by atoms with van der Waals surface area (Å²) in [6.45, 7) is 4.59. The average Bonchev–Trinajstić information content (AvgIpc) is 2.43. The number of anilines is 2. The van der Waals surface area contributed by atoms with Gasteiger partial charge in [-0.3, -0.25) is 0 Å². The van der Waals surface area contributed by atoms with Gasteiger partial charge in [-0.05, 0) is 31.5 Å². The molecule has 0 fully saturated rings. The van der Waals surface area contributed by atoms with Crippen molar-refractivity contribution >= 4 is 27.6 Å². The van der Waals surface area contributed by atoms with Crippen molar-refractivity contribution in [2.45, 2.75) is 20.4 Å². The van der Waals surface area contributed by atoms with Gasteiger partial charge in [0.2, 0.25) is 0 Å². The van der Waals surface area contributed by atoms with Crippen LogP contribution in [-0.4, -0.2) is 17.0 Å². The second kappa shape index (κ2) is 6.19. The number of benzene rings is 1. The predicted molar refractivity (Wildman–Crippen MR) is 85.6 cm³/mol. The van der Waals surface area contributed by atoms with E-state index in [1.807, 2.05) is 33.0 Å². The highest BCUT2D eigenvalue weighted by molar-refractivity contribution is 9.10. The van der Waals surface area contributed by atoms with E-state index in [9.17, 15) is 0 Å². The van der Waals surface area contributed by atoms with E-state index in [4.69, 9.17) is 5.84 Å². The third-order valence-corrected chi connectivity index (χ3v) is 3.59. The fourth-order valence-electron chi connectivity index (χ4n) is 2.06. The second-order valence-corrected chi connectivity index (χ2v) is 5.61. The van der Waals surface area contributed by atoms with Gasteiger partial charge in [0.05, 0.1) is 0 Å². The van der Waals surface area contributed by atoms with E-state index in [0.717, 1.165) is 22.4 Å². The molecule has 1 aromatic heterocycles. The lowest BCUT2D eigenvalue weighted by molar-refractivity contribution is 0.869. The molecule has 20 heavy (non-hydrogen) atoms. The first-order chi connectivity index (χ1) is 9.51. The van der Waals surface area contributed by atoms with Crippen LogP contribution in [0.25, 0.3) is 0 Å². The van der Waals surface area contributed by atoms with Crippen LogP contribution in [0, 0.1) is 13.8 Å². The molecule has 0 radical (unpaired) electrons. The highest BCUT2D eigenvalue weighted by atomic mass is 79.9. The minimum Gasteiger partial charge on any atom is -0.355 e. The van der Waals surface area contributed by atoms with E-state index in [0.29, 0.717) is 11.6 Å². The van der Waals surface area contributed by atoms with Gasteiger partial charge in [0, 0.05) is 23.6 Å². The number of hydrogen-bond donors (Lipinski definition) is 2. The molecular formula is C14H18BrN5. The number of nitrogens with zero attached hydrogens (tertiary/aromatic N) is 3. The molecule has 6 heteroatoms. The van der Waals surface area contributed by atoms with Crippen LogP contribution in [0.15, 0.2) is 28.7 Å². The number of aryl methyl sites for hydroxylation is 1. The monoisotopic (exact) mass is 335 g/mol. The molecular weight excluding hydrogens is 318 g/mol. The second-order valence-electron chi connectivity index (χ2n) is 4.69. The van der Waals surface area contributed by atoms with Gasteiger partial charge in [-0.15, -0.1) is 0 Å². The number of nitrogens with one attached hydrogen (secondary N) is 1. The predicted octanol–water partition coefficient (Wildman–Crippen LogP) is 2.78. The Labute approximate surface area is 127 Å². The van der Waals surface area contributed by atoms with Crippen molar-refractivity contribution in [3.8, 4) is 0 Å². The molecule has 0 unspecified atom stereocenters. The summed E-state index contributed by atoms with van der Waals surface area (Å²) in [6.07, 6.45) is 0. The lowest BCUT2D eigenvalue weighted by Gasteiger charge is -2.21. The number of rotatable bonds is 4. The summed E-state index contributed by atoms with van der Waals surface area (Å²) >= 11 is 3.44. The minimum atomic E-state index is 0.662. The van der Waals surface area contributed by atoms with Gasteiger partial charge in [-0.1, -0.05) is 28.1 Å². The van der Waals surface area contributed by atoms with E-state index in [1.54, 1.807) is 0 Å². The molecule has 1 heterocycles. The van der Waals surface area contributed by atoms with Crippen molar-refractivity contribution in [2.24, 2.45) is 5.84 Å². The van der Waals surface area contributed by atoms with Crippen LogP contribution >= 0.6 is 15.9 Å². The maximum atomic E-state index is 5.49. The first-order valence-electron chi connectivity index (χ1n) is 6.28. The van der Waals surface area contributed by atoms with Crippen molar-refractivity contribution in [1.82, 2.24) is 9.97 Å². The van der Waals surface area contributed by atoms with Gasteiger partial charge in [0.25, 0.3) is 0 Å². The summed E-state index contributed by atoms with van der Waals surface area (Å²) in [5.74, 6) is 7.73. The van der Waals surface area contributed by atoms with Crippen LogP contribution in [-0.2, 0) is 6.54 Å². The summed E-state index contributed by atoms with van der Waals surface area (Å²) in [5.41, 5.74) is 4.78. The molecule has 106 valence electrons. The summed E-state index contributed by atoms with van der Waals surface area (Å²) < 4.78 is 1.08. The van der Waals surface area contributed by atoms with Crippen molar-refractivity contribution in [3.05, 3.63) is 45.7 Å². The zero-order valence-corrected chi connectivity index (χ0v) is 13.4. The lowest BCUT2D eigenvalue weighted by atomic mass is 10.2. The Morgan fingerprint density at radius 3 is 2.45 bits per heavy atom. The fourth-order valence-corrected chi connectivity index (χ4v) is 2.33. The molecule has 0 amide bonds. The van der Waals surface area contributed by atoms with Crippen molar-refractivity contribution in [3.63, 3.8) is 0 Å². The normalized spacial score (nSPS) is 10.4. The number of nitrogen functional groups attached to an aromatic ring is 1. The Balaban J connectivity index is 2.26. The van der Waals surface area contributed by atoms with Crippen LogP contribution in [0.2, 0.25) is 0 Å². The van der Waals surface area contributed by atoms with Crippen LogP contribution in [0.1, 0.15) is 17.0 Å². The molecule has 5 nitrogen and oxygen atoms in total. The van der Waals surface area contributed by atoms with Gasteiger partial charge < -0.3 is 10.3 Å². The standard InChI is InChI=1S/C14H18BrN5/c1-9-13(19-16)17-10(2)18-14(9)20(3)8-11-4-6-12(15)7-5-11/h4-7H,8,16H2,1-3H3,(H,17,18,19). The SMILES string of the molecule is Cc1nc(NN)c(C)c(N(C)Cc2ccc(Br)cc2)n1. The topological polar surface area (TPSA) is 67.1 Å². The Kier molecular flexibility index (Phi) is 4.57. The zero-order chi connectivity index (χ0) is 14.7. The quantitative estimate of drug-likeness (QED) is 0.664. The van der Waals surface area contributed by atoms with E-state index < -0.39 is 0 Å². The molecule has 3 N–H and O–H groups in total. The van der Waals surface area contributed by atoms with Gasteiger partial charge in [-0.25, -0.2) is 15.8 Å². The van der Waals surface area contributed by atoms with Crippen molar-refractivity contribution in [2.75, 3.05) is 17.4 Å². The van der Waals surface area contributed by atoms with E-state index in [-0.39, 0.29) is 0 Å². The van der Waals surface area contributed by atoms with Crippen LogP contribution in [0.3, 0.4) is 0 Å². The Bertz CT molecular complexity index is 597. The van der Waals surface area contributed by atoms with E-state index in [2.05, 4.69) is 48.4 Å². The number of halogens is 1. The number of nitrogens with two attached hydrogens (primary N) is 1. The van der Waals surface area contributed by atoms with E-state index >= 15 is 0 Å². The Morgan fingerprint density at radius 1 is 1.20 bits per heavy atom. The molecule has 0 saturated carbocycles. The molecule has 0 atom stereocenters. The van der Waals surface area contributed by atoms with Gasteiger partial charge in [0.1, 0.15) is 17.5 Å². The molecule has 1 aromatic carbocycles. The highest BCUT2D eigenvalue weighted by Crippen LogP contribution is 2.23. The summed E-state index contributed by atoms with van der Waals surface area (Å²) in [5, 5.41) is 0. The summed E-state index contributed by atoms with van der Waals surface area (Å²) in [4.78, 5) is 10.9. The molecule has 0 spiro atoms. The third-order valence-electron chi connectivity index (χ3n) is 3.06. The number of hydrazine groups is 1. The van der Waals surface area contributed by atoms with Crippen molar-refractivity contribution < 1.29 is 0 Å². The minimum absolute atomic E-state index is 0.662. The maximum Gasteiger partial charge on any atom is 0.148 e. The number of aromatic nitrogens is 2. The lowest BCUT2D eigenvalue weighted by Crippen LogP contribution is -2.21. The molecule has 2 rings (SSSR count). The first-order valence-corrected chi connectivity index (χ1v) is 7.08. The molecule has 2 aromatic rings. The van der Waals surface area contributed by atoms with Crippen molar-refractivity contribution in [1.29, 1.82) is 0 Å². The first kappa shape index (κ1) is 14.7. The largest absolute Gasteiger partial charge is 0.355 e. The Morgan fingerprint density at radius 2 is 1.85 bits per heavy atom. The summed E-state index contributed by atoms with van der Waals surface area (Å²) in [7, 11) is 2.01. The van der Waals surface area contributed by atoms with Crippen LogP contribution in [0.5, 0.6) is 0 Å². The van der Waals surface area contributed by atoms with Gasteiger partial charge in [-0.2, -0.15) is 0 Å². The summed E-state index contributed by atoms with van der Waals surface area (Å²) in [6, 6.07) is 8.25. The van der Waals surface area contributed by atoms with E-state index in [1.165, 1.54) is 5.56 Å². The van der Waals surface area contributed by atoms with Crippen LogP contribution in [0.4, 0.5) is 11.6 Å². The maximum absolute atomic E-state index is 5.49. The molecule has 0 bridgehead atoms. The smallest absolute Gasteiger partial charge is 0.148 e. The zero-order valence-electron chi connectivity index (χ0n) is 11.8. The van der Waals surface area contributed by atoms with Gasteiger partial charge >= 0.3 is 0 Å². The number of hydrogen-bond acceptors (Lipinski definition) is 5. The molecule has 0 saturated heterocycles. The van der Waals surface area contributed by atoms with Crippen LogP contribution < -0.4 is 16.2 Å². The average molecular weight is 336 g/mol.